The third-order valence-electron chi connectivity index (χ3n) is 1.23. The van der Waals surface area contributed by atoms with Crippen molar-refractivity contribution in [3.05, 3.63) is 27.9 Å². The number of nitrogens with two attached hydrogens (primary N) is 1. The van der Waals surface area contributed by atoms with Crippen molar-refractivity contribution in [2.24, 2.45) is 0 Å². The third-order valence-corrected chi connectivity index (χ3v) is 1.23. The summed E-state index contributed by atoms with van der Waals surface area (Å²) in [6, 6.07) is 2.81. The summed E-state index contributed by atoms with van der Waals surface area (Å²) in [5.41, 5.74) is 5.49. The Morgan fingerprint density at radius 1 is 1.67 bits per heavy atom. The predicted octanol–water partition coefficient (Wildman–Crippen LogP) is 0.553. The number of anilines is 1. The lowest BCUT2D eigenvalue weighted by Crippen LogP contribution is -1.99. The molecule has 2 N–H and O–H groups in total. The van der Waals surface area contributed by atoms with Crippen LogP contribution in [0.5, 0.6) is 0 Å². The van der Waals surface area contributed by atoms with E-state index in [1.807, 2.05) is 0 Å². The number of aromatic nitrogens is 1. The minimum Gasteiger partial charge on any atom is -0.392 e. The molecule has 1 aromatic heterocycles. The van der Waals surface area contributed by atoms with Crippen molar-refractivity contribution in [2.75, 3.05) is 5.73 Å². The SMILES string of the molecule is C#Cc1ccc(N)c([N+](=O)[O-])n1. The van der Waals surface area contributed by atoms with Crippen molar-refractivity contribution in [3.8, 4) is 12.3 Å². The number of rotatable bonds is 1. The van der Waals surface area contributed by atoms with Gasteiger partial charge in [0.1, 0.15) is 5.69 Å². The maximum atomic E-state index is 10.3. The highest BCUT2D eigenvalue weighted by Crippen LogP contribution is 2.17. The monoisotopic (exact) mass is 163 g/mol. The fourth-order valence-electron chi connectivity index (χ4n) is 0.686. The fourth-order valence-corrected chi connectivity index (χ4v) is 0.686. The predicted molar refractivity (Wildman–Crippen MR) is 43.2 cm³/mol. The van der Waals surface area contributed by atoms with E-state index in [2.05, 4.69) is 10.9 Å². The highest BCUT2D eigenvalue weighted by atomic mass is 16.6. The number of pyridine rings is 1. The van der Waals surface area contributed by atoms with Crippen LogP contribution >= 0.6 is 0 Å². The molecule has 0 saturated heterocycles. The van der Waals surface area contributed by atoms with Gasteiger partial charge in [-0.2, -0.15) is 0 Å². The van der Waals surface area contributed by atoms with Crippen LogP contribution in [0, 0.1) is 22.5 Å². The fraction of sp³-hybridized carbons (Fsp3) is 0. The summed E-state index contributed by atoms with van der Waals surface area (Å²) in [5, 5.41) is 10.3. The zero-order valence-corrected chi connectivity index (χ0v) is 6.02. The van der Waals surface area contributed by atoms with Gasteiger partial charge in [-0.1, -0.05) is 0 Å². The van der Waals surface area contributed by atoms with Crippen LogP contribution in [-0.2, 0) is 0 Å². The number of hydrogen-bond acceptors (Lipinski definition) is 4. The Balaban J connectivity index is 3.28. The molecule has 0 amide bonds. The van der Waals surface area contributed by atoms with Crippen LogP contribution in [0.1, 0.15) is 5.69 Å². The van der Waals surface area contributed by atoms with E-state index in [0.717, 1.165) is 0 Å². The Kier molecular flexibility index (Phi) is 1.92. The van der Waals surface area contributed by atoms with E-state index in [1.165, 1.54) is 12.1 Å². The normalized spacial score (nSPS) is 8.92. The maximum Gasteiger partial charge on any atom is 0.388 e. The number of nitro groups is 1. The van der Waals surface area contributed by atoms with Crippen LogP contribution < -0.4 is 5.73 Å². The molecule has 0 fully saturated rings. The summed E-state index contributed by atoms with van der Waals surface area (Å²) < 4.78 is 0. The van der Waals surface area contributed by atoms with Crippen molar-refractivity contribution in [1.29, 1.82) is 0 Å². The van der Waals surface area contributed by atoms with E-state index in [0.29, 0.717) is 0 Å². The van der Waals surface area contributed by atoms with Crippen molar-refractivity contribution in [3.63, 3.8) is 0 Å². The Morgan fingerprint density at radius 2 is 2.33 bits per heavy atom. The van der Waals surface area contributed by atoms with Gasteiger partial charge in [-0.05, 0) is 21.9 Å². The van der Waals surface area contributed by atoms with Crippen LogP contribution in [0.3, 0.4) is 0 Å². The zero-order valence-electron chi connectivity index (χ0n) is 6.02. The lowest BCUT2D eigenvalue weighted by atomic mass is 10.3. The van der Waals surface area contributed by atoms with Gasteiger partial charge >= 0.3 is 5.82 Å². The molecule has 0 spiro atoms. The molecule has 0 atom stereocenters. The largest absolute Gasteiger partial charge is 0.392 e. The quantitative estimate of drug-likeness (QED) is 0.372. The highest BCUT2D eigenvalue weighted by molar-refractivity contribution is 5.54. The van der Waals surface area contributed by atoms with Gasteiger partial charge in [-0.15, -0.1) is 6.42 Å². The van der Waals surface area contributed by atoms with E-state index < -0.39 is 10.7 Å². The summed E-state index contributed by atoms with van der Waals surface area (Å²) in [7, 11) is 0. The molecule has 5 nitrogen and oxygen atoms in total. The van der Waals surface area contributed by atoms with Gasteiger partial charge in [0.25, 0.3) is 0 Å². The summed E-state index contributed by atoms with van der Waals surface area (Å²) in [5.74, 6) is 1.78. The molecule has 0 saturated carbocycles. The Bertz CT molecular complexity index is 367. The van der Waals surface area contributed by atoms with Crippen LogP contribution in [0.2, 0.25) is 0 Å². The molecular formula is C7H5N3O2. The molecular weight excluding hydrogens is 158 g/mol. The van der Waals surface area contributed by atoms with Crippen molar-refractivity contribution < 1.29 is 4.92 Å². The van der Waals surface area contributed by atoms with Crippen molar-refractivity contribution in [1.82, 2.24) is 4.98 Å². The van der Waals surface area contributed by atoms with Gasteiger partial charge in [0.05, 0.1) is 0 Å². The topological polar surface area (TPSA) is 82.0 Å². The summed E-state index contributed by atoms with van der Waals surface area (Å²) in [4.78, 5) is 13.1. The second kappa shape index (κ2) is 2.88. The Morgan fingerprint density at radius 3 is 2.83 bits per heavy atom. The van der Waals surface area contributed by atoms with Gasteiger partial charge in [0.15, 0.2) is 0 Å². The first-order chi connectivity index (χ1) is 5.65. The molecule has 1 aromatic rings. The molecule has 0 aliphatic carbocycles. The molecule has 0 radical (unpaired) electrons. The van der Waals surface area contributed by atoms with Gasteiger partial charge < -0.3 is 15.8 Å². The standard InChI is InChI=1S/C7H5N3O2/c1-2-5-3-4-6(8)7(9-5)10(11)12/h1,3-4H,8H2. The minimum absolute atomic E-state index is 0.0130. The molecule has 5 heteroatoms. The van der Waals surface area contributed by atoms with E-state index in [1.54, 1.807) is 0 Å². The molecule has 0 bridgehead atoms. The highest BCUT2D eigenvalue weighted by Gasteiger charge is 2.13. The van der Waals surface area contributed by atoms with Crippen LogP contribution in [0.4, 0.5) is 11.5 Å². The molecule has 0 aromatic carbocycles. The van der Waals surface area contributed by atoms with Gasteiger partial charge in [-0.3, -0.25) is 0 Å². The molecule has 60 valence electrons. The molecule has 1 rings (SSSR count). The molecule has 0 aliphatic rings. The summed E-state index contributed by atoms with van der Waals surface area (Å²) >= 11 is 0. The zero-order chi connectivity index (χ0) is 9.14. The smallest absolute Gasteiger partial charge is 0.388 e. The van der Waals surface area contributed by atoms with Gasteiger partial charge in [0, 0.05) is 6.07 Å². The molecule has 12 heavy (non-hydrogen) atoms. The number of terminal acetylenes is 1. The second-order valence-electron chi connectivity index (χ2n) is 2.01. The average Bonchev–Trinajstić information content (AvgIpc) is 2.05. The van der Waals surface area contributed by atoms with E-state index in [-0.39, 0.29) is 11.4 Å². The van der Waals surface area contributed by atoms with E-state index >= 15 is 0 Å². The van der Waals surface area contributed by atoms with Crippen molar-refractivity contribution >= 4 is 11.5 Å². The number of hydrogen-bond donors (Lipinski definition) is 1. The molecule has 0 unspecified atom stereocenters. The first-order valence-corrected chi connectivity index (χ1v) is 3.02. The van der Waals surface area contributed by atoms with Gasteiger partial charge in [0.2, 0.25) is 5.69 Å². The molecule has 0 aliphatic heterocycles. The van der Waals surface area contributed by atoms with Crippen LogP contribution in [0.25, 0.3) is 0 Å². The van der Waals surface area contributed by atoms with Crippen LogP contribution in [-0.4, -0.2) is 9.91 Å². The first-order valence-electron chi connectivity index (χ1n) is 3.02. The average molecular weight is 163 g/mol. The Hall–Kier alpha value is -2.09. The lowest BCUT2D eigenvalue weighted by molar-refractivity contribution is -0.388. The lowest BCUT2D eigenvalue weighted by Gasteiger charge is -1.94. The number of nitrogens with zero attached hydrogens (tertiary/aromatic N) is 2. The third kappa shape index (κ3) is 1.32. The summed E-state index contributed by atoms with van der Waals surface area (Å²) in [6.07, 6.45) is 4.99. The minimum atomic E-state index is -0.670. The summed E-state index contributed by atoms with van der Waals surface area (Å²) in [6.45, 7) is 0. The number of nitrogen functional groups attached to an aromatic ring is 1. The van der Waals surface area contributed by atoms with E-state index in [4.69, 9.17) is 12.2 Å². The maximum absolute atomic E-state index is 10.3. The van der Waals surface area contributed by atoms with E-state index in [9.17, 15) is 10.1 Å². The van der Waals surface area contributed by atoms with Crippen LogP contribution in [0.15, 0.2) is 12.1 Å². The van der Waals surface area contributed by atoms with Gasteiger partial charge in [-0.25, -0.2) is 0 Å². The Labute approximate surface area is 68.4 Å². The second-order valence-corrected chi connectivity index (χ2v) is 2.01. The molecule has 1 heterocycles. The first kappa shape index (κ1) is 8.01. The van der Waals surface area contributed by atoms with Crippen molar-refractivity contribution in [2.45, 2.75) is 0 Å².